The van der Waals surface area contributed by atoms with Crippen molar-refractivity contribution in [3.63, 3.8) is 0 Å². The Morgan fingerprint density at radius 1 is 1.27 bits per heavy atom. The number of rotatable bonds is 1. The molecule has 72 valence electrons. The quantitative estimate of drug-likeness (QED) is 0.751. The minimum atomic E-state index is 0.247. The van der Waals surface area contributed by atoms with E-state index in [2.05, 4.69) is 9.97 Å². The summed E-state index contributed by atoms with van der Waals surface area (Å²) in [5, 5.41) is 8.78. The van der Waals surface area contributed by atoms with Crippen LogP contribution in [-0.2, 0) is 0 Å². The molecule has 15 heavy (non-hydrogen) atoms. The minimum Gasteiger partial charge on any atom is -0.396 e. The number of hydrogen-bond acceptors (Lipinski definition) is 4. The van der Waals surface area contributed by atoms with E-state index in [1.54, 1.807) is 24.7 Å². The zero-order chi connectivity index (χ0) is 10.7. The van der Waals surface area contributed by atoms with Crippen molar-refractivity contribution in [3.05, 3.63) is 42.5 Å². The maximum atomic E-state index is 8.78. The lowest BCUT2D eigenvalue weighted by molar-refractivity contribution is 1.26. The number of hydrogen-bond donors (Lipinski definition) is 1. The topological polar surface area (TPSA) is 75.6 Å². The van der Waals surface area contributed by atoms with Crippen LogP contribution in [0.2, 0.25) is 0 Å². The van der Waals surface area contributed by atoms with Crippen LogP contribution in [0.3, 0.4) is 0 Å². The number of aromatic nitrogens is 2. The van der Waals surface area contributed by atoms with Crippen molar-refractivity contribution in [2.45, 2.75) is 0 Å². The van der Waals surface area contributed by atoms with E-state index in [0.29, 0.717) is 5.69 Å². The molecule has 2 N–H and O–H groups in total. The average Bonchev–Trinajstić information content (AvgIpc) is 2.30. The van der Waals surface area contributed by atoms with Gasteiger partial charge in [0.05, 0.1) is 5.69 Å². The number of nitrogens with two attached hydrogens (primary N) is 1. The molecule has 4 heteroatoms. The first-order valence-electron chi connectivity index (χ1n) is 4.38. The highest BCUT2D eigenvalue weighted by Gasteiger charge is 2.07. The number of pyridine rings is 2. The fourth-order valence-corrected chi connectivity index (χ4v) is 1.34. The number of nitrogens with zero attached hydrogens (tertiary/aromatic N) is 3. The van der Waals surface area contributed by atoms with Crippen molar-refractivity contribution in [1.82, 2.24) is 9.97 Å². The second-order valence-electron chi connectivity index (χ2n) is 2.97. The molecule has 0 atom stereocenters. The molecule has 0 spiro atoms. The first-order chi connectivity index (χ1) is 7.33. The smallest absolute Gasteiger partial charge is 0.164 e. The largest absolute Gasteiger partial charge is 0.396 e. The molecule has 0 saturated heterocycles. The third kappa shape index (κ3) is 1.63. The molecular weight excluding hydrogens is 188 g/mol. The van der Waals surface area contributed by atoms with Gasteiger partial charge in [-0.25, -0.2) is 4.98 Å². The highest BCUT2D eigenvalue weighted by molar-refractivity contribution is 5.78. The summed E-state index contributed by atoms with van der Waals surface area (Å²) in [4.78, 5) is 7.88. The Balaban J connectivity index is 2.61. The zero-order valence-corrected chi connectivity index (χ0v) is 7.88. The lowest BCUT2D eigenvalue weighted by Gasteiger charge is -2.05. The molecule has 2 rings (SSSR count). The van der Waals surface area contributed by atoms with Crippen LogP contribution in [0.5, 0.6) is 0 Å². The van der Waals surface area contributed by atoms with Crippen molar-refractivity contribution in [1.29, 1.82) is 5.26 Å². The summed E-state index contributed by atoms with van der Waals surface area (Å²) in [6.07, 6.45) is 4.95. The predicted molar refractivity (Wildman–Crippen MR) is 56.6 cm³/mol. The molecule has 0 fully saturated rings. The number of nitriles is 1. The fraction of sp³-hybridized carbons (Fsp3) is 0. The van der Waals surface area contributed by atoms with Crippen molar-refractivity contribution in [2.24, 2.45) is 0 Å². The molecular formula is C11H8N4. The Morgan fingerprint density at radius 2 is 2.13 bits per heavy atom. The van der Waals surface area contributed by atoms with Gasteiger partial charge < -0.3 is 5.73 Å². The van der Waals surface area contributed by atoms with Crippen molar-refractivity contribution in [2.75, 3.05) is 5.73 Å². The highest BCUT2D eigenvalue weighted by Crippen LogP contribution is 2.25. The molecule has 0 saturated carbocycles. The second-order valence-corrected chi connectivity index (χ2v) is 2.97. The first-order valence-corrected chi connectivity index (χ1v) is 4.38. The van der Waals surface area contributed by atoms with Crippen LogP contribution in [0.1, 0.15) is 5.69 Å². The Morgan fingerprint density at radius 3 is 2.80 bits per heavy atom. The summed E-state index contributed by atoms with van der Waals surface area (Å²) in [6, 6.07) is 7.43. The molecule has 2 aromatic rings. The molecule has 0 aliphatic rings. The van der Waals surface area contributed by atoms with Crippen LogP contribution in [0, 0.1) is 11.3 Å². The number of nitrogen functional groups attached to an aromatic ring is 1. The summed E-state index contributed by atoms with van der Waals surface area (Å²) in [7, 11) is 0. The molecule has 4 nitrogen and oxygen atoms in total. The number of anilines is 1. The molecule has 0 amide bonds. The highest BCUT2D eigenvalue weighted by atomic mass is 14.7. The van der Waals surface area contributed by atoms with Gasteiger partial charge in [0.15, 0.2) is 5.69 Å². The maximum absolute atomic E-state index is 8.78. The van der Waals surface area contributed by atoms with Gasteiger partial charge in [-0.2, -0.15) is 5.26 Å². The Kier molecular flexibility index (Phi) is 2.30. The zero-order valence-electron chi connectivity index (χ0n) is 7.88. The molecule has 0 aliphatic carbocycles. The molecule has 2 heterocycles. The van der Waals surface area contributed by atoms with Gasteiger partial charge in [-0.15, -0.1) is 0 Å². The molecule has 0 radical (unpaired) electrons. The van der Waals surface area contributed by atoms with Gasteiger partial charge >= 0.3 is 0 Å². The van der Waals surface area contributed by atoms with Crippen LogP contribution in [0.4, 0.5) is 5.69 Å². The van der Waals surface area contributed by atoms with E-state index in [0.717, 1.165) is 11.1 Å². The summed E-state index contributed by atoms with van der Waals surface area (Å²) < 4.78 is 0. The van der Waals surface area contributed by atoms with E-state index in [9.17, 15) is 0 Å². The van der Waals surface area contributed by atoms with Crippen LogP contribution in [0.25, 0.3) is 11.1 Å². The normalized spacial score (nSPS) is 9.53. The van der Waals surface area contributed by atoms with Gasteiger partial charge in [0, 0.05) is 29.7 Å². The molecule has 0 aliphatic heterocycles. The third-order valence-corrected chi connectivity index (χ3v) is 2.07. The molecule has 2 aromatic heterocycles. The average molecular weight is 196 g/mol. The van der Waals surface area contributed by atoms with Crippen molar-refractivity contribution in [3.8, 4) is 17.2 Å². The lowest BCUT2D eigenvalue weighted by Crippen LogP contribution is -1.96. The van der Waals surface area contributed by atoms with E-state index in [4.69, 9.17) is 11.0 Å². The van der Waals surface area contributed by atoms with Gasteiger partial charge in [0.2, 0.25) is 0 Å². The van der Waals surface area contributed by atoms with Gasteiger partial charge in [0.25, 0.3) is 0 Å². The Bertz CT molecular complexity index is 514. The van der Waals surface area contributed by atoms with Crippen LogP contribution in [0.15, 0.2) is 36.8 Å². The third-order valence-electron chi connectivity index (χ3n) is 2.07. The summed E-state index contributed by atoms with van der Waals surface area (Å²) in [5.41, 5.74) is 8.13. The van der Waals surface area contributed by atoms with E-state index >= 15 is 0 Å². The van der Waals surface area contributed by atoms with Crippen LogP contribution in [-0.4, -0.2) is 9.97 Å². The van der Waals surface area contributed by atoms with Crippen molar-refractivity contribution >= 4 is 5.69 Å². The summed E-state index contributed by atoms with van der Waals surface area (Å²) in [6.45, 7) is 0. The van der Waals surface area contributed by atoms with Gasteiger partial charge in [-0.3, -0.25) is 4.98 Å². The Hall–Kier alpha value is -2.41. The standard InChI is InChI=1S/C11H8N4/c12-6-10-11(13)9(3-5-15-10)8-2-1-4-14-7-8/h1-5,7H,13H2. The van der Waals surface area contributed by atoms with Crippen LogP contribution < -0.4 is 5.73 Å². The minimum absolute atomic E-state index is 0.247. The van der Waals surface area contributed by atoms with Crippen LogP contribution >= 0.6 is 0 Å². The lowest BCUT2D eigenvalue weighted by atomic mass is 10.1. The second kappa shape index (κ2) is 3.76. The monoisotopic (exact) mass is 196 g/mol. The SMILES string of the molecule is N#Cc1nccc(-c2cccnc2)c1N. The molecule has 0 unspecified atom stereocenters. The molecule has 0 aromatic carbocycles. The summed E-state index contributed by atoms with van der Waals surface area (Å²) >= 11 is 0. The maximum Gasteiger partial charge on any atom is 0.164 e. The Labute approximate surface area is 87.0 Å². The van der Waals surface area contributed by atoms with E-state index in [1.165, 1.54) is 0 Å². The fourth-order valence-electron chi connectivity index (χ4n) is 1.34. The predicted octanol–water partition coefficient (Wildman–Crippen LogP) is 1.60. The van der Waals surface area contributed by atoms with Crippen molar-refractivity contribution < 1.29 is 0 Å². The summed E-state index contributed by atoms with van der Waals surface area (Å²) in [5.74, 6) is 0. The van der Waals surface area contributed by atoms with Gasteiger partial charge in [0.1, 0.15) is 6.07 Å². The first kappa shape index (κ1) is 9.16. The van der Waals surface area contributed by atoms with E-state index in [-0.39, 0.29) is 5.69 Å². The van der Waals surface area contributed by atoms with E-state index in [1.807, 2.05) is 18.2 Å². The van der Waals surface area contributed by atoms with Gasteiger partial charge in [-0.1, -0.05) is 6.07 Å². The van der Waals surface area contributed by atoms with Gasteiger partial charge in [-0.05, 0) is 12.1 Å². The van der Waals surface area contributed by atoms with E-state index < -0.39 is 0 Å². The molecule has 0 bridgehead atoms.